The lowest BCUT2D eigenvalue weighted by Crippen LogP contribution is -2.42. The molecule has 0 spiro atoms. The van der Waals surface area contributed by atoms with Gasteiger partial charge in [-0.1, -0.05) is 6.07 Å². The Hall–Kier alpha value is -3.35. The normalized spacial score (nSPS) is 11.2. The third-order valence-corrected chi connectivity index (χ3v) is 5.43. The van der Waals surface area contributed by atoms with Gasteiger partial charge in [0.25, 0.3) is 0 Å². The largest absolute Gasteiger partial charge is 0.481 e. The second-order valence-corrected chi connectivity index (χ2v) is 8.32. The maximum absolute atomic E-state index is 10.3. The Bertz CT molecular complexity index is 978. The fourth-order valence-electron chi connectivity index (χ4n) is 3.58. The van der Waals surface area contributed by atoms with Gasteiger partial charge >= 0.3 is 17.9 Å². The van der Waals surface area contributed by atoms with Gasteiger partial charge in [0.05, 0.1) is 24.2 Å². The zero-order valence-electron chi connectivity index (χ0n) is 21.2. The molecule has 0 aliphatic heterocycles. The number of nitrogens with zero attached hydrogens (tertiary/aromatic N) is 4. The van der Waals surface area contributed by atoms with Crippen LogP contribution in [0.4, 0.5) is 0 Å². The number of carboxylic acids is 3. The second-order valence-electron chi connectivity index (χ2n) is 8.32. The van der Waals surface area contributed by atoms with Gasteiger partial charge in [0.15, 0.2) is 5.60 Å². The molecule has 12 heteroatoms. The SMILES string of the molecule is CCn1nc(C)c(CN(CCCOC)Cc2ccccn2)c1C.O=C(O)CC(O)(CC(=O)O)C(=O)O. The van der Waals surface area contributed by atoms with Gasteiger partial charge in [-0.2, -0.15) is 5.10 Å². The molecule has 0 unspecified atom stereocenters. The summed E-state index contributed by atoms with van der Waals surface area (Å²) in [6.07, 6.45) is 0.584. The first-order valence-corrected chi connectivity index (χ1v) is 11.5. The zero-order valence-corrected chi connectivity index (χ0v) is 21.2. The van der Waals surface area contributed by atoms with Crippen molar-refractivity contribution in [3.63, 3.8) is 0 Å². The molecule has 0 bridgehead atoms. The van der Waals surface area contributed by atoms with Crippen LogP contribution in [0.1, 0.15) is 48.8 Å². The van der Waals surface area contributed by atoms with Crippen molar-refractivity contribution in [2.45, 2.75) is 65.3 Å². The summed E-state index contributed by atoms with van der Waals surface area (Å²) in [5.74, 6) is -5.02. The lowest BCUT2D eigenvalue weighted by atomic mass is 9.96. The molecule has 0 saturated carbocycles. The summed E-state index contributed by atoms with van der Waals surface area (Å²) in [4.78, 5) is 37.4. The topological polar surface area (TPSA) is 175 Å². The first-order chi connectivity index (χ1) is 16.9. The minimum absolute atomic E-state index is 0.783. The maximum atomic E-state index is 10.3. The number of aryl methyl sites for hydroxylation is 2. The van der Waals surface area contributed by atoms with Crippen molar-refractivity contribution in [3.8, 4) is 0 Å². The number of ether oxygens (including phenoxy) is 1. The molecule has 200 valence electrons. The summed E-state index contributed by atoms with van der Waals surface area (Å²) < 4.78 is 7.28. The monoisotopic (exact) mass is 508 g/mol. The number of pyridine rings is 1. The van der Waals surface area contributed by atoms with Gasteiger partial charge in [0.2, 0.25) is 0 Å². The van der Waals surface area contributed by atoms with Crippen molar-refractivity contribution in [1.82, 2.24) is 19.7 Å². The van der Waals surface area contributed by atoms with Gasteiger partial charge < -0.3 is 25.2 Å². The van der Waals surface area contributed by atoms with E-state index in [9.17, 15) is 14.4 Å². The van der Waals surface area contributed by atoms with Crippen molar-refractivity contribution < 1.29 is 39.5 Å². The number of rotatable bonds is 14. The number of aromatic nitrogens is 3. The van der Waals surface area contributed by atoms with Gasteiger partial charge in [0.1, 0.15) is 0 Å². The van der Waals surface area contributed by atoms with E-state index in [-0.39, 0.29) is 0 Å². The molecule has 0 saturated heterocycles. The Kier molecular flexibility index (Phi) is 12.7. The number of methoxy groups -OCH3 is 1. The van der Waals surface area contributed by atoms with E-state index < -0.39 is 36.4 Å². The van der Waals surface area contributed by atoms with Gasteiger partial charge in [0, 0.05) is 57.3 Å². The highest BCUT2D eigenvalue weighted by Crippen LogP contribution is 2.18. The summed E-state index contributed by atoms with van der Waals surface area (Å²) in [7, 11) is 1.75. The number of carbonyl (C=O) groups is 3. The summed E-state index contributed by atoms with van der Waals surface area (Å²) in [5.41, 5.74) is 2.09. The van der Waals surface area contributed by atoms with E-state index in [2.05, 4.69) is 46.5 Å². The third kappa shape index (κ3) is 10.1. The lowest BCUT2D eigenvalue weighted by molar-refractivity contribution is -0.170. The van der Waals surface area contributed by atoms with Crippen molar-refractivity contribution in [2.24, 2.45) is 0 Å². The minimum atomic E-state index is -2.74. The predicted octanol–water partition coefficient (Wildman–Crippen LogP) is 1.71. The van der Waals surface area contributed by atoms with Crippen LogP contribution in [-0.2, 0) is 38.8 Å². The maximum Gasteiger partial charge on any atom is 0.336 e. The molecule has 0 radical (unpaired) electrons. The first kappa shape index (κ1) is 30.7. The van der Waals surface area contributed by atoms with Gasteiger partial charge in [-0.05, 0) is 39.3 Å². The molecular formula is C24H36N4O8. The molecule has 0 amide bonds. The Balaban J connectivity index is 0.000000426. The second kappa shape index (κ2) is 14.9. The molecular weight excluding hydrogens is 472 g/mol. The van der Waals surface area contributed by atoms with Crippen LogP contribution >= 0.6 is 0 Å². The van der Waals surface area contributed by atoms with Gasteiger partial charge in [-0.15, -0.1) is 0 Å². The van der Waals surface area contributed by atoms with Crippen LogP contribution in [0.3, 0.4) is 0 Å². The molecule has 0 aromatic carbocycles. The highest BCUT2D eigenvalue weighted by molar-refractivity contribution is 5.88. The number of aliphatic carboxylic acids is 3. The lowest BCUT2D eigenvalue weighted by Gasteiger charge is -2.22. The molecule has 36 heavy (non-hydrogen) atoms. The number of carboxylic acid groups (broad SMARTS) is 3. The first-order valence-electron chi connectivity index (χ1n) is 11.5. The van der Waals surface area contributed by atoms with E-state index in [1.165, 1.54) is 11.3 Å². The van der Waals surface area contributed by atoms with Crippen molar-refractivity contribution in [3.05, 3.63) is 47.0 Å². The molecule has 2 aromatic rings. The van der Waals surface area contributed by atoms with Gasteiger partial charge in [-0.3, -0.25) is 24.2 Å². The van der Waals surface area contributed by atoms with Crippen LogP contribution < -0.4 is 0 Å². The Morgan fingerprint density at radius 1 is 1.08 bits per heavy atom. The van der Waals surface area contributed by atoms with Crippen LogP contribution in [0.5, 0.6) is 0 Å². The molecule has 2 aromatic heterocycles. The van der Waals surface area contributed by atoms with Crippen LogP contribution in [0.2, 0.25) is 0 Å². The van der Waals surface area contributed by atoms with Crippen LogP contribution in [0, 0.1) is 13.8 Å². The summed E-state index contributed by atoms with van der Waals surface area (Å²) >= 11 is 0. The Morgan fingerprint density at radius 2 is 1.72 bits per heavy atom. The smallest absolute Gasteiger partial charge is 0.336 e. The van der Waals surface area contributed by atoms with Crippen LogP contribution in [0.15, 0.2) is 24.4 Å². The van der Waals surface area contributed by atoms with E-state index in [4.69, 9.17) is 25.2 Å². The summed E-state index contributed by atoms with van der Waals surface area (Å²) in [6.45, 7) is 10.8. The Labute approximate surface area is 210 Å². The average molecular weight is 509 g/mol. The molecule has 0 atom stereocenters. The number of aliphatic hydroxyl groups is 1. The van der Waals surface area contributed by atoms with E-state index in [1.54, 1.807) is 7.11 Å². The molecule has 4 N–H and O–H groups in total. The zero-order chi connectivity index (χ0) is 27.3. The van der Waals surface area contributed by atoms with Crippen molar-refractivity contribution >= 4 is 17.9 Å². The predicted molar refractivity (Wildman–Crippen MR) is 129 cm³/mol. The standard InChI is InChI=1S/C18H28N4O.C6H8O7/c1-5-22-16(3)18(15(2)20-22)14-21(11-8-12-23-4)13-17-9-6-7-10-19-17;7-3(8)1-6(13,5(11)12)2-4(9)10/h6-7,9-10H,5,8,11-14H2,1-4H3;13H,1-2H2,(H,7,8)(H,9,10)(H,11,12). The molecule has 2 heterocycles. The average Bonchev–Trinajstić information content (AvgIpc) is 3.06. The summed E-state index contributed by atoms with van der Waals surface area (Å²) in [5, 5.41) is 38.4. The fourth-order valence-corrected chi connectivity index (χ4v) is 3.58. The Morgan fingerprint density at radius 3 is 2.17 bits per heavy atom. The highest BCUT2D eigenvalue weighted by atomic mass is 16.5. The third-order valence-electron chi connectivity index (χ3n) is 5.43. The minimum Gasteiger partial charge on any atom is -0.481 e. The molecule has 12 nitrogen and oxygen atoms in total. The number of hydrogen-bond acceptors (Lipinski definition) is 8. The van der Waals surface area contributed by atoms with Crippen molar-refractivity contribution in [2.75, 3.05) is 20.3 Å². The summed E-state index contributed by atoms with van der Waals surface area (Å²) in [6, 6.07) is 6.08. The molecule has 0 fully saturated rings. The van der Waals surface area contributed by atoms with E-state index >= 15 is 0 Å². The highest BCUT2D eigenvalue weighted by Gasteiger charge is 2.40. The van der Waals surface area contributed by atoms with E-state index in [0.29, 0.717) is 0 Å². The van der Waals surface area contributed by atoms with Gasteiger partial charge in [-0.25, -0.2) is 4.79 Å². The molecule has 0 aliphatic carbocycles. The molecule has 2 rings (SSSR count). The quantitative estimate of drug-likeness (QED) is 0.273. The fraction of sp³-hybridized carbons (Fsp3) is 0.542. The van der Waals surface area contributed by atoms with E-state index in [0.717, 1.165) is 50.6 Å². The molecule has 0 aliphatic rings. The van der Waals surface area contributed by atoms with E-state index in [1.807, 2.05) is 18.3 Å². The van der Waals surface area contributed by atoms with Crippen molar-refractivity contribution in [1.29, 1.82) is 0 Å². The van der Waals surface area contributed by atoms with Crippen LogP contribution in [-0.4, -0.2) is 83.9 Å². The number of hydrogen-bond donors (Lipinski definition) is 4. The van der Waals surface area contributed by atoms with Crippen LogP contribution in [0.25, 0.3) is 0 Å².